The monoisotopic (exact) mass is 260 g/mol. The van der Waals surface area contributed by atoms with Gasteiger partial charge in [-0.05, 0) is 43.7 Å². The van der Waals surface area contributed by atoms with E-state index in [1.807, 2.05) is 6.92 Å². The van der Waals surface area contributed by atoms with Crippen molar-refractivity contribution in [3.05, 3.63) is 35.4 Å². The molecule has 0 bridgehead atoms. The van der Waals surface area contributed by atoms with E-state index >= 15 is 0 Å². The summed E-state index contributed by atoms with van der Waals surface area (Å²) in [5, 5.41) is 3.05. The molecule has 0 spiro atoms. The molecule has 0 saturated carbocycles. The van der Waals surface area contributed by atoms with Gasteiger partial charge in [-0.15, -0.1) is 0 Å². The van der Waals surface area contributed by atoms with E-state index in [0.717, 1.165) is 13.0 Å². The van der Waals surface area contributed by atoms with Crippen LogP contribution in [-0.2, 0) is 11.2 Å². The van der Waals surface area contributed by atoms with E-state index in [1.54, 1.807) is 0 Å². The van der Waals surface area contributed by atoms with Gasteiger partial charge in [0.2, 0.25) is 5.91 Å². The van der Waals surface area contributed by atoms with Crippen LogP contribution in [0, 0.1) is 0 Å². The molecule has 1 aromatic carbocycles. The number of fused-ring (bicyclic) bond motifs is 1. The standard InChI is InChI=1S/C16H24N2O/c1-12(17)9-10-16(19)18-11-14-7-4-6-13-5-2-3-8-15(13)14/h2-3,5,8,12,14H,4,6-7,9-11,17H2,1H3,(H,18,19). The number of carbonyl (C=O) groups excluding carboxylic acids is 1. The minimum Gasteiger partial charge on any atom is -0.355 e. The molecule has 3 nitrogen and oxygen atoms in total. The lowest BCUT2D eigenvalue weighted by Gasteiger charge is -2.25. The summed E-state index contributed by atoms with van der Waals surface area (Å²) in [4.78, 5) is 11.7. The summed E-state index contributed by atoms with van der Waals surface area (Å²) in [5.41, 5.74) is 8.53. The van der Waals surface area contributed by atoms with E-state index in [0.29, 0.717) is 12.3 Å². The number of carbonyl (C=O) groups is 1. The predicted molar refractivity (Wildman–Crippen MR) is 78.0 cm³/mol. The topological polar surface area (TPSA) is 55.1 Å². The molecule has 0 aromatic heterocycles. The lowest BCUT2D eigenvalue weighted by atomic mass is 9.83. The van der Waals surface area contributed by atoms with Crippen LogP contribution in [0.3, 0.4) is 0 Å². The number of benzene rings is 1. The molecule has 1 aliphatic rings. The number of rotatable bonds is 5. The van der Waals surface area contributed by atoms with Crippen molar-refractivity contribution in [1.29, 1.82) is 0 Å². The van der Waals surface area contributed by atoms with E-state index in [4.69, 9.17) is 5.73 Å². The largest absolute Gasteiger partial charge is 0.355 e. The van der Waals surface area contributed by atoms with E-state index in [9.17, 15) is 4.79 Å². The van der Waals surface area contributed by atoms with Gasteiger partial charge in [-0.1, -0.05) is 24.3 Å². The van der Waals surface area contributed by atoms with Crippen molar-refractivity contribution in [3.8, 4) is 0 Å². The Morgan fingerprint density at radius 1 is 1.47 bits per heavy atom. The first-order valence-electron chi connectivity index (χ1n) is 7.27. The van der Waals surface area contributed by atoms with Crippen LogP contribution in [0.4, 0.5) is 0 Å². The van der Waals surface area contributed by atoms with Gasteiger partial charge in [0.15, 0.2) is 0 Å². The Balaban J connectivity index is 1.86. The molecule has 2 rings (SSSR count). The van der Waals surface area contributed by atoms with Crippen LogP contribution in [0.5, 0.6) is 0 Å². The molecule has 2 atom stereocenters. The van der Waals surface area contributed by atoms with Crippen molar-refractivity contribution < 1.29 is 4.79 Å². The number of hydrogen-bond acceptors (Lipinski definition) is 2. The average molecular weight is 260 g/mol. The fourth-order valence-corrected chi connectivity index (χ4v) is 2.75. The highest BCUT2D eigenvalue weighted by Crippen LogP contribution is 2.30. The third-order valence-electron chi connectivity index (χ3n) is 3.87. The summed E-state index contributed by atoms with van der Waals surface area (Å²) in [5.74, 6) is 0.601. The first-order chi connectivity index (χ1) is 9.16. The highest BCUT2D eigenvalue weighted by molar-refractivity contribution is 5.75. The third-order valence-corrected chi connectivity index (χ3v) is 3.87. The van der Waals surface area contributed by atoms with Crippen LogP contribution in [0.2, 0.25) is 0 Å². The van der Waals surface area contributed by atoms with Gasteiger partial charge in [-0.25, -0.2) is 0 Å². The lowest BCUT2D eigenvalue weighted by molar-refractivity contribution is -0.121. The van der Waals surface area contributed by atoms with E-state index in [2.05, 4.69) is 29.6 Å². The molecule has 0 radical (unpaired) electrons. The Morgan fingerprint density at radius 3 is 3.05 bits per heavy atom. The summed E-state index contributed by atoms with van der Waals surface area (Å²) in [6.07, 6.45) is 4.85. The van der Waals surface area contributed by atoms with Crippen molar-refractivity contribution in [2.75, 3.05) is 6.54 Å². The van der Waals surface area contributed by atoms with E-state index in [1.165, 1.54) is 30.4 Å². The van der Waals surface area contributed by atoms with Gasteiger partial charge >= 0.3 is 0 Å². The Hall–Kier alpha value is -1.35. The maximum Gasteiger partial charge on any atom is 0.220 e. The minimum absolute atomic E-state index is 0.0983. The minimum atomic E-state index is 0.0983. The van der Waals surface area contributed by atoms with E-state index < -0.39 is 0 Å². The molecule has 19 heavy (non-hydrogen) atoms. The fraction of sp³-hybridized carbons (Fsp3) is 0.562. The van der Waals surface area contributed by atoms with Gasteiger partial charge in [-0.3, -0.25) is 4.79 Å². The highest BCUT2D eigenvalue weighted by Gasteiger charge is 2.19. The smallest absolute Gasteiger partial charge is 0.220 e. The molecule has 0 fully saturated rings. The molecule has 0 saturated heterocycles. The Labute approximate surface area is 115 Å². The lowest BCUT2D eigenvalue weighted by Crippen LogP contribution is -2.30. The molecule has 0 aliphatic heterocycles. The molecule has 104 valence electrons. The van der Waals surface area contributed by atoms with Crippen LogP contribution < -0.4 is 11.1 Å². The summed E-state index contributed by atoms with van der Waals surface area (Å²) in [6.45, 7) is 2.69. The van der Waals surface area contributed by atoms with Gasteiger partial charge < -0.3 is 11.1 Å². The van der Waals surface area contributed by atoms with Gasteiger partial charge in [0, 0.05) is 24.9 Å². The Bertz CT molecular complexity index is 429. The number of aryl methyl sites for hydroxylation is 1. The number of amides is 1. The highest BCUT2D eigenvalue weighted by atomic mass is 16.1. The molecular weight excluding hydrogens is 236 g/mol. The van der Waals surface area contributed by atoms with Gasteiger partial charge in [0.25, 0.3) is 0 Å². The molecule has 3 N–H and O–H groups in total. The molecule has 1 aliphatic carbocycles. The van der Waals surface area contributed by atoms with Gasteiger partial charge in [0.05, 0.1) is 0 Å². The summed E-state index contributed by atoms with van der Waals surface area (Å²) in [7, 11) is 0. The van der Waals surface area contributed by atoms with Crippen LogP contribution in [0.25, 0.3) is 0 Å². The molecule has 0 heterocycles. The molecule has 3 heteroatoms. The zero-order valence-corrected chi connectivity index (χ0v) is 11.7. The van der Waals surface area contributed by atoms with Crippen LogP contribution in [0.15, 0.2) is 24.3 Å². The zero-order valence-electron chi connectivity index (χ0n) is 11.7. The maximum absolute atomic E-state index is 11.7. The third kappa shape index (κ3) is 4.06. The summed E-state index contributed by atoms with van der Waals surface area (Å²) < 4.78 is 0. The molecule has 1 amide bonds. The normalized spacial score (nSPS) is 19.6. The molecule has 1 aromatic rings. The first kappa shape index (κ1) is 14.1. The molecular formula is C16H24N2O. The summed E-state index contributed by atoms with van der Waals surface area (Å²) >= 11 is 0. The second kappa shape index (κ2) is 6.71. The van der Waals surface area contributed by atoms with Crippen LogP contribution >= 0.6 is 0 Å². The van der Waals surface area contributed by atoms with Crippen molar-refractivity contribution in [2.45, 2.75) is 51.0 Å². The Morgan fingerprint density at radius 2 is 2.26 bits per heavy atom. The van der Waals surface area contributed by atoms with Crippen molar-refractivity contribution in [1.82, 2.24) is 5.32 Å². The van der Waals surface area contributed by atoms with Crippen molar-refractivity contribution >= 4 is 5.91 Å². The number of hydrogen-bond donors (Lipinski definition) is 2. The van der Waals surface area contributed by atoms with Gasteiger partial charge in [-0.2, -0.15) is 0 Å². The predicted octanol–water partition coefficient (Wildman–Crippen LogP) is 2.35. The number of nitrogens with two attached hydrogens (primary N) is 1. The average Bonchev–Trinajstić information content (AvgIpc) is 2.42. The van der Waals surface area contributed by atoms with Crippen molar-refractivity contribution in [3.63, 3.8) is 0 Å². The first-order valence-corrected chi connectivity index (χ1v) is 7.27. The second-order valence-corrected chi connectivity index (χ2v) is 5.61. The maximum atomic E-state index is 11.7. The van der Waals surface area contributed by atoms with Crippen molar-refractivity contribution in [2.24, 2.45) is 5.73 Å². The van der Waals surface area contributed by atoms with E-state index in [-0.39, 0.29) is 11.9 Å². The SMILES string of the molecule is CC(N)CCC(=O)NCC1CCCc2ccccc21. The van der Waals surface area contributed by atoms with Crippen LogP contribution in [-0.4, -0.2) is 18.5 Å². The fourth-order valence-electron chi connectivity index (χ4n) is 2.75. The summed E-state index contributed by atoms with van der Waals surface area (Å²) in [6, 6.07) is 8.70. The Kier molecular flexibility index (Phi) is 4.97. The quantitative estimate of drug-likeness (QED) is 0.854. The second-order valence-electron chi connectivity index (χ2n) is 5.61. The zero-order chi connectivity index (χ0) is 13.7. The number of nitrogens with one attached hydrogen (secondary N) is 1. The van der Waals surface area contributed by atoms with Crippen LogP contribution in [0.1, 0.15) is 49.7 Å². The van der Waals surface area contributed by atoms with Gasteiger partial charge in [0.1, 0.15) is 0 Å². The molecule has 2 unspecified atom stereocenters.